The Bertz CT molecular complexity index is 437. The Hall–Kier alpha value is -1.89. The van der Waals surface area contributed by atoms with Crippen molar-refractivity contribution >= 4 is 5.78 Å². The maximum atomic E-state index is 13.1. The Kier molecular flexibility index (Phi) is 4.01. The molecule has 1 atom stereocenters. The van der Waals surface area contributed by atoms with Crippen LogP contribution in [0.25, 0.3) is 0 Å². The second-order valence-electron chi connectivity index (χ2n) is 3.30. The van der Waals surface area contributed by atoms with Crippen LogP contribution in [0.3, 0.4) is 0 Å². The van der Waals surface area contributed by atoms with E-state index in [2.05, 4.69) is 0 Å². The highest BCUT2D eigenvalue weighted by molar-refractivity contribution is 5.99. The number of ketones is 1. The summed E-state index contributed by atoms with van der Waals surface area (Å²) in [6.07, 6.45) is 0.440. The van der Waals surface area contributed by atoms with Gasteiger partial charge in [0.1, 0.15) is 5.92 Å². The maximum absolute atomic E-state index is 13.1. The van der Waals surface area contributed by atoms with Gasteiger partial charge in [-0.1, -0.05) is 6.92 Å². The average Bonchev–Trinajstić information content (AvgIpc) is 2.31. The lowest BCUT2D eigenvalue weighted by Gasteiger charge is -2.07. The fourth-order valence-corrected chi connectivity index (χ4v) is 1.35. The molecule has 0 aliphatic rings. The van der Waals surface area contributed by atoms with Gasteiger partial charge in [0.25, 0.3) is 0 Å². The summed E-state index contributed by atoms with van der Waals surface area (Å²) in [4.78, 5) is 11.8. The number of methoxy groups -OCH3 is 1. The molecule has 0 saturated carbocycles. The number of hydrogen-bond acceptors (Lipinski definition) is 3. The Labute approximate surface area is 93.5 Å². The van der Waals surface area contributed by atoms with E-state index in [0.29, 0.717) is 12.0 Å². The van der Waals surface area contributed by atoms with Crippen LogP contribution < -0.4 is 4.74 Å². The number of carbonyl (C=O) groups is 1. The Morgan fingerprint density at radius 1 is 1.62 bits per heavy atom. The van der Waals surface area contributed by atoms with E-state index in [4.69, 9.17) is 10.00 Å². The van der Waals surface area contributed by atoms with Crippen LogP contribution in [-0.4, -0.2) is 12.9 Å². The molecule has 0 N–H and O–H groups in total. The normalized spacial score (nSPS) is 11.6. The van der Waals surface area contributed by atoms with Gasteiger partial charge in [0.05, 0.1) is 13.2 Å². The first-order chi connectivity index (χ1) is 7.63. The third-order valence-corrected chi connectivity index (χ3v) is 2.32. The molecule has 1 aromatic carbocycles. The largest absolute Gasteiger partial charge is 0.494 e. The number of Topliss-reactive ketones (excluding diaryl/α,β-unsaturated/α-hetero) is 1. The van der Waals surface area contributed by atoms with Crippen molar-refractivity contribution < 1.29 is 13.9 Å². The van der Waals surface area contributed by atoms with E-state index in [1.807, 2.05) is 6.07 Å². The molecule has 1 rings (SSSR count). The number of benzene rings is 1. The minimum Gasteiger partial charge on any atom is -0.494 e. The molecule has 0 bridgehead atoms. The molecule has 0 amide bonds. The topological polar surface area (TPSA) is 50.1 Å². The van der Waals surface area contributed by atoms with Crippen molar-refractivity contribution in [2.24, 2.45) is 5.92 Å². The van der Waals surface area contributed by atoms with E-state index in [0.717, 1.165) is 6.07 Å². The lowest BCUT2D eigenvalue weighted by atomic mass is 9.96. The van der Waals surface area contributed by atoms with Crippen molar-refractivity contribution in [1.29, 1.82) is 5.26 Å². The predicted octanol–water partition coefficient (Wildman–Crippen LogP) is 2.57. The molecule has 0 aliphatic heterocycles. The highest BCUT2D eigenvalue weighted by Crippen LogP contribution is 2.21. The van der Waals surface area contributed by atoms with Gasteiger partial charge in [-0.05, 0) is 24.6 Å². The lowest BCUT2D eigenvalue weighted by molar-refractivity contribution is 0.0946. The molecule has 4 heteroatoms. The molecule has 0 radical (unpaired) electrons. The predicted molar refractivity (Wildman–Crippen MR) is 56.7 cm³/mol. The molecule has 0 saturated heterocycles. The molecular weight excluding hydrogens is 209 g/mol. The van der Waals surface area contributed by atoms with Gasteiger partial charge in [-0.2, -0.15) is 5.26 Å². The molecule has 1 aromatic rings. The van der Waals surface area contributed by atoms with Gasteiger partial charge in [-0.25, -0.2) is 4.39 Å². The number of nitriles is 1. The summed E-state index contributed by atoms with van der Waals surface area (Å²) in [5.41, 5.74) is 0.298. The van der Waals surface area contributed by atoms with Gasteiger partial charge >= 0.3 is 0 Å². The minimum atomic E-state index is -0.685. The highest BCUT2D eigenvalue weighted by atomic mass is 19.1. The van der Waals surface area contributed by atoms with Crippen LogP contribution >= 0.6 is 0 Å². The van der Waals surface area contributed by atoms with Gasteiger partial charge in [-0.15, -0.1) is 0 Å². The molecule has 3 nitrogen and oxygen atoms in total. The first-order valence-corrected chi connectivity index (χ1v) is 4.91. The van der Waals surface area contributed by atoms with Crippen LogP contribution in [0.5, 0.6) is 5.75 Å². The molecule has 1 unspecified atom stereocenters. The number of carbonyl (C=O) groups excluding carboxylic acids is 1. The van der Waals surface area contributed by atoms with E-state index in [1.54, 1.807) is 6.92 Å². The van der Waals surface area contributed by atoms with E-state index >= 15 is 0 Å². The van der Waals surface area contributed by atoms with Gasteiger partial charge in [0.2, 0.25) is 0 Å². The number of halogens is 1. The number of rotatable bonds is 4. The van der Waals surface area contributed by atoms with Crippen LogP contribution in [0.1, 0.15) is 23.7 Å². The Balaban J connectivity index is 3.06. The molecule has 0 fully saturated rings. The molecule has 16 heavy (non-hydrogen) atoms. The Morgan fingerprint density at radius 2 is 2.31 bits per heavy atom. The van der Waals surface area contributed by atoms with Crippen molar-refractivity contribution in [3.8, 4) is 11.8 Å². The summed E-state index contributed by atoms with van der Waals surface area (Å²) in [7, 11) is 1.33. The summed E-state index contributed by atoms with van der Waals surface area (Å²) in [5, 5.41) is 8.76. The van der Waals surface area contributed by atoms with Gasteiger partial charge < -0.3 is 4.74 Å². The van der Waals surface area contributed by atoms with E-state index in [9.17, 15) is 9.18 Å². The van der Waals surface area contributed by atoms with Crippen molar-refractivity contribution in [2.45, 2.75) is 13.3 Å². The third-order valence-electron chi connectivity index (χ3n) is 2.32. The lowest BCUT2D eigenvalue weighted by Crippen LogP contribution is -2.12. The molecular formula is C12H12FNO2. The zero-order valence-corrected chi connectivity index (χ0v) is 9.16. The smallest absolute Gasteiger partial charge is 0.180 e. The summed E-state index contributed by atoms with van der Waals surface area (Å²) in [5.74, 6) is -1.50. The zero-order valence-electron chi connectivity index (χ0n) is 9.16. The number of hydrogen-bond donors (Lipinski definition) is 0. The summed E-state index contributed by atoms with van der Waals surface area (Å²) < 4.78 is 17.9. The van der Waals surface area contributed by atoms with Crippen molar-refractivity contribution in [3.63, 3.8) is 0 Å². The first kappa shape index (κ1) is 12.2. The van der Waals surface area contributed by atoms with Gasteiger partial charge in [0, 0.05) is 5.56 Å². The third kappa shape index (κ3) is 2.37. The van der Waals surface area contributed by atoms with Crippen molar-refractivity contribution in [2.75, 3.05) is 7.11 Å². The van der Waals surface area contributed by atoms with Crippen molar-refractivity contribution in [3.05, 3.63) is 29.6 Å². The quantitative estimate of drug-likeness (QED) is 0.734. The fraction of sp³-hybridized carbons (Fsp3) is 0.333. The number of ether oxygens (including phenoxy) is 1. The van der Waals surface area contributed by atoms with Crippen LogP contribution in [0, 0.1) is 23.1 Å². The van der Waals surface area contributed by atoms with E-state index in [1.165, 1.54) is 19.2 Å². The SMILES string of the molecule is CCC(C#N)C(=O)c1ccc(F)c(OC)c1. The Morgan fingerprint density at radius 3 is 2.81 bits per heavy atom. The minimum absolute atomic E-state index is 0.0126. The first-order valence-electron chi connectivity index (χ1n) is 4.91. The number of nitrogens with zero attached hydrogens (tertiary/aromatic N) is 1. The maximum Gasteiger partial charge on any atom is 0.180 e. The summed E-state index contributed by atoms with van der Waals surface area (Å²) in [6, 6.07) is 5.76. The van der Waals surface area contributed by atoms with E-state index in [-0.39, 0.29) is 11.5 Å². The molecule has 0 spiro atoms. The summed E-state index contributed by atoms with van der Waals surface area (Å²) in [6.45, 7) is 1.76. The molecule has 0 heterocycles. The van der Waals surface area contributed by atoms with Crippen LogP contribution in [-0.2, 0) is 0 Å². The monoisotopic (exact) mass is 221 g/mol. The highest BCUT2D eigenvalue weighted by Gasteiger charge is 2.18. The fourth-order valence-electron chi connectivity index (χ4n) is 1.35. The average molecular weight is 221 g/mol. The summed E-state index contributed by atoms with van der Waals surface area (Å²) >= 11 is 0. The standard InChI is InChI=1S/C12H12FNO2/c1-3-8(7-14)12(15)9-4-5-10(13)11(6-9)16-2/h4-6,8H,3H2,1-2H3. The molecule has 0 aromatic heterocycles. The van der Waals surface area contributed by atoms with Crippen LogP contribution in [0.4, 0.5) is 4.39 Å². The van der Waals surface area contributed by atoms with Crippen LogP contribution in [0.15, 0.2) is 18.2 Å². The second-order valence-corrected chi connectivity index (χ2v) is 3.30. The zero-order chi connectivity index (χ0) is 12.1. The molecule has 84 valence electrons. The van der Waals surface area contributed by atoms with Crippen molar-refractivity contribution in [1.82, 2.24) is 0 Å². The second kappa shape index (κ2) is 5.26. The van der Waals surface area contributed by atoms with Crippen LogP contribution in [0.2, 0.25) is 0 Å². The molecule has 0 aliphatic carbocycles. The van der Waals surface area contributed by atoms with Gasteiger partial charge in [0.15, 0.2) is 17.3 Å². The van der Waals surface area contributed by atoms with Gasteiger partial charge in [-0.3, -0.25) is 4.79 Å². The van der Waals surface area contributed by atoms with E-state index < -0.39 is 11.7 Å².